The highest BCUT2D eigenvalue weighted by Gasteiger charge is 2.23. The molecule has 5 aromatic rings. The highest BCUT2D eigenvalue weighted by atomic mass is 32.2. The number of fused-ring (bicyclic) bond motifs is 1. The summed E-state index contributed by atoms with van der Waals surface area (Å²) in [6, 6.07) is 23.0. The number of sulfonamides is 1. The first-order valence-electron chi connectivity index (χ1n) is 12.3. The highest BCUT2D eigenvalue weighted by molar-refractivity contribution is 7.92. The number of nitrogens with one attached hydrogen (secondary N) is 2. The van der Waals surface area contributed by atoms with Gasteiger partial charge in [-0.05, 0) is 47.3 Å². The van der Waals surface area contributed by atoms with E-state index in [1.807, 2.05) is 30.3 Å². The summed E-state index contributed by atoms with van der Waals surface area (Å²) in [7, 11) is -2.47. The lowest BCUT2D eigenvalue weighted by atomic mass is 9.97. The molecule has 0 spiro atoms. The Kier molecular flexibility index (Phi) is 7.57. The van der Waals surface area contributed by atoms with Gasteiger partial charge in [-0.2, -0.15) is 0 Å². The molecule has 2 N–H and O–H groups in total. The van der Waals surface area contributed by atoms with Crippen LogP contribution in [0.2, 0.25) is 0 Å². The molecule has 11 nitrogen and oxygen atoms in total. The quantitative estimate of drug-likeness (QED) is 0.269. The van der Waals surface area contributed by atoms with Gasteiger partial charge < -0.3 is 14.6 Å². The van der Waals surface area contributed by atoms with Crippen molar-refractivity contribution in [3.05, 3.63) is 113 Å². The van der Waals surface area contributed by atoms with Crippen LogP contribution in [-0.2, 0) is 26.6 Å². The lowest BCUT2D eigenvalue weighted by molar-refractivity contribution is -0.119. The van der Waals surface area contributed by atoms with Crippen LogP contribution in [-0.4, -0.2) is 41.4 Å². The van der Waals surface area contributed by atoms with Crippen LogP contribution in [0.3, 0.4) is 0 Å². The maximum absolute atomic E-state index is 13.3. The number of pyridine rings is 1. The molecule has 206 valence electrons. The van der Waals surface area contributed by atoms with Crippen LogP contribution in [0.5, 0.6) is 0 Å². The Labute approximate surface area is 234 Å². The van der Waals surface area contributed by atoms with E-state index in [-0.39, 0.29) is 27.8 Å². The monoisotopic (exact) mass is 569 g/mol. The number of amides is 1. The Balaban J connectivity index is 1.32. The lowest BCUT2D eigenvalue weighted by Crippen LogP contribution is -2.28. The summed E-state index contributed by atoms with van der Waals surface area (Å²) in [4.78, 5) is 46.5. The van der Waals surface area contributed by atoms with Crippen molar-refractivity contribution in [2.75, 3.05) is 16.6 Å². The minimum Gasteiger partial charge on any atom is -0.451 e. The van der Waals surface area contributed by atoms with Gasteiger partial charge in [0.15, 0.2) is 6.61 Å². The number of carbonyl (C=O) groups is 2. The molecule has 2 heterocycles. The standard InChI is InChI=1S/C29H23N5O6S/c1-34-26(25(19-8-3-2-4-9-19)22-10-5-6-11-23(22)27(34)36)28(37)40-18-24(35)32-20-12-14-21(15-13-20)41(38,39)33-29-30-16-7-17-31-29/h2-17H,18H2,1H3,(H,32,35)(H,30,31,33). The average Bonchev–Trinajstić information content (AvgIpc) is 2.98. The Morgan fingerprint density at radius 2 is 1.49 bits per heavy atom. The summed E-state index contributed by atoms with van der Waals surface area (Å²) >= 11 is 0. The van der Waals surface area contributed by atoms with E-state index in [2.05, 4.69) is 20.0 Å². The molecule has 3 aromatic carbocycles. The van der Waals surface area contributed by atoms with Crippen LogP contribution in [0.4, 0.5) is 11.6 Å². The number of hydrogen-bond acceptors (Lipinski definition) is 8. The Hall–Kier alpha value is -5.36. The SMILES string of the molecule is Cn1c(C(=O)OCC(=O)Nc2ccc(S(=O)(=O)Nc3ncccn3)cc2)c(-c2ccccc2)c2ccccc2c1=O. The number of esters is 1. The molecule has 2 aromatic heterocycles. The minimum absolute atomic E-state index is 0.0113. The van der Waals surface area contributed by atoms with Gasteiger partial charge >= 0.3 is 5.97 Å². The molecule has 0 aliphatic carbocycles. The summed E-state index contributed by atoms with van der Waals surface area (Å²) in [5.41, 5.74) is 1.14. The first kappa shape index (κ1) is 27.2. The van der Waals surface area contributed by atoms with E-state index in [0.29, 0.717) is 21.9 Å². The summed E-state index contributed by atoms with van der Waals surface area (Å²) in [6.45, 7) is -0.638. The molecule has 0 radical (unpaired) electrons. The van der Waals surface area contributed by atoms with Crippen LogP contribution in [0.25, 0.3) is 21.9 Å². The highest BCUT2D eigenvalue weighted by Crippen LogP contribution is 2.30. The van der Waals surface area contributed by atoms with Gasteiger partial charge in [0.25, 0.3) is 21.5 Å². The van der Waals surface area contributed by atoms with Crippen LogP contribution in [0, 0.1) is 0 Å². The van der Waals surface area contributed by atoms with Crippen molar-refractivity contribution in [2.24, 2.45) is 7.05 Å². The maximum atomic E-state index is 13.3. The number of rotatable bonds is 8. The van der Waals surface area contributed by atoms with Crippen molar-refractivity contribution in [2.45, 2.75) is 4.90 Å². The summed E-state index contributed by atoms with van der Waals surface area (Å²) in [6.07, 6.45) is 2.80. The number of anilines is 2. The largest absolute Gasteiger partial charge is 0.451 e. The molecule has 0 aliphatic rings. The van der Waals surface area contributed by atoms with Gasteiger partial charge in [-0.25, -0.2) is 27.9 Å². The Bertz CT molecular complexity index is 1910. The fourth-order valence-electron chi connectivity index (χ4n) is 4.25. The van der Waals surface area contributed by atoms with Gasteiger partial charge in [0, 0.05) is 36.1 Å². The fraction of sp³-hybridized carbons (Fsp3) is 0.0690. The predicted molar refractivity (Wildman–Crippen MR) is 153 cm³/mol. The molecule has 0 unspecified atom stereocenters. The third-order valence-corrected chi connectivity index (χ3v) is 7.48. The van der Waals surface area contributed by atoms with Crippen molar-refractivity contribution in [3.8, 4) is 11.1 Å². The molecule has 0 aliphatic heterocycles. The summed E-state index contributed by atoms with van der Waals surface area (Å²) < 4.78 is 33.9. The number of carbonyl (C=O) groups excluding carboxylic acids is 2. The molecular weight excluding hydrogens is 546 g/mol. The lowest BCUT2D eigenvalue weighted by Gasteiger charge is -2.16. The van der Waals surface area contributed by atoms with Gasteiger partial charge in [-0.1, -0.05) is 48.5 Å². The maximum Gasteiger partial charge on any atom is 0.356 e. The van der Waals surface area contributed by atoms with Crippen LogP contribution in [0.1, 0.15) is 10.5 Å². The first-order chi connectivity index (χ1) is 19.7. The summed E-state index contributed by atoms with van der Waals surface area (Å²) in [5.74, 6) is -1.58. The molecular formula is C29H23N5O6S. The number of aromatic nitrogens is 3. The van der Waals surface area contributed by atoms with Crippen LogP contribution in [0.15, 0.2) is 107 Å². The smallest absolute Gasteiger partial charge is 0.356 e. The van der Waals surface area contributed by atoms with Crippen LogP contribution < -0.4 is 15.6 Å². The molecule has 0 saturated carbocycles. The molecule has 0 saturated heterocycles. The number of ether oxygens (including phenoxy) is 1. The Morgan fingerprint density at radius 1 is 0.854 bits per heavy atom. The molecule has 1 amide bonds. The second kappa shape index (κ2) is 11.4. The van der Waals surface area contributed by atoms with Crippen molar-refractivity contribution in [3.63, 3.8) is 0 Å². The van der Waals surface area contributed by atoms with Gasteiger partial charge in [0.2, 0.25) is 5.95 Å². The van der Waals surface area contributed by atoms with E-state index in [4.69, 9.17) is 4.74 Å². The van der Waals surface area contributed by atoms with Crippen LogP contribution >= 0.6 is 0 Å². The normalized spacial score (nSPS) is 11.1. The zero-order valence-corrected chi connectivity index (χ0v) is 22.5. The second-order valence-corrected chi connectivity index (χ2v) is 10.5. The van der Waals surface area contributed by atoms with Gasteiger partial charge in [-0.3, -0.25) is 9.59 Å². The molecule has 5 rings (SSSR count). The zero-order chi connectivity index (χ0) is 29.0. The van der Waals surface area contributed by atoms with E-state index in [9.17, 15) is 22.8 Å². The second-order valence-electron chi connectivity index (χ2n) is 8.83. The molecule has 0 bridgehead atoms. The van der Waals surface area contributed by atoms with E-state index in [0.717, 1.165) is 0 Å². The predicted octanol–water partition coefficient (Wildman–Crippen LogP) is 3.59. The number of hydrogen-bond donors (Lipinski definition) is 2. The summed E-state index contributed by atoms with van der Waals surface area (Å²) in [5, 5.41) is 3.58. The third kappa shape index (κ3) is 5.82. The number of nitrogens with zero attached hydrogens (tertiary/aromatic N) is 3. The third-order valence-electron chi connectivity index (χ3n) is 6.13. The van der Waals surface area contributed by atoms with Crippen molar-refractivity contribution < 1.29 is 22.7 Å². The number of benzene rings is 3. The zero-order valence-electron chi connectivity index (χ0n) is 21.6. The fourth-order valence-corrected chi connectivity index (χ4v) is 5.20. The van der Waals surface area contributed by atoms with Crippen molar-refractivity contribution in [1.82, 2.24) is 14.5 Å². The van der Waals surface area contributed by atoms with Gasteiger partial charge in [0.05, 0.1) is 4.90 Å². The molecule has 0 atom stereocenters. The minimum atomic E-state index is -3.95. The van der Waals surface area contributed by atoms with Crippen molar-refractivity contribution in [1.29, 1.82) is 0 Å². The van der Waals surface area contributed by atoms with E-state index in [1.165, 1.54) is 48.3 Å². The van der Waals surface area contributed by atoms with E-state index < -0.39 is 28.5 Å². The van der Waals surface area contributed by atoms with Gasteiger partial charge in [0.1, 0.15) is 5.69 Å². The molecule has 12 heteroatoms. The van der Waals surface area contributed by atoms with E-state index >= 15 is 0 Å². The van der Waals surface area contributed by atoms with E-state index in [1.54, 1.807) is 30.3 Å². The molecule has 41 heavy (non-hydrogen) atoms. The average molecular weight is 570 g/mol. The van der Waals surface area contributed by atoms with Gasteiger partial charge in [-0.15, -0.1) is 0 Å². The van der Waals surface area contributed by atoms with Crippen molar-refractivity contribution >= 4 is 44.3 Å². The molecule has 0 fully saturated rings. The first-order valence-corrected chi connectivity index (χ1v) is 13.8. The Morgan fingerprint density at radius 3 is 2.17 bits per heavy atom. The topological polar surface area (TPSA) is 149 Å².